The van der Waals surface area contributed by atoms with Crippen LogP contribution in [0, 0.1) is 0 Å². The Morgan fingerprint density at radius 2 is 1.45 bits per heavy atom. The van der Waals surface area contributed by atoms with Crippen molar-refractivity contribution in [2.45, 2.75) is 51.9 Å². The summed E-state index contributed by atoms with van der Waals surface area (Å²) in [4.78, 5) is 0. The van der Waals surface area contributed by atoms with Crippen LogP contribution in [0.5, 0.6) is 0 Å². The van der Waals surface area contributed by atoms with E-state index in [1.54, 1.807) is 0 Å². The van der Waals surface area contributed by atoms with Crippen LogP contribution in [0.4, 0.5) is 0 Å². The Balaban J connectivity index is 2.74. The quantitative estimate of drug-likeness (QED) is 0.411. The average molecular weight is 156 g/mol. The number of nitrogens with zero attached hydrogens (tertiary/aromatic N) is 1. The largest absolute Gasteiger partial charge is 0.509 e. The molecule has 0 saturated heterocycles. The topological polar surface area (TPSA) is 36.3 Å². The molecule has 0 rings (SSSR count). The Hall–Kier alpha value is -0.400. The average Bonchev–Trinajstić information content (AvgIpc) is 2.03. The van der Waals surface area contributed by atoms with Gasteiger partial charge in [0.15, 0.2) is 0 Å². The summed E-state index contributed by atoms with van der Waals surface area (Å²) in [5, 5.41) is 2.17. The summed E-state index contributed by atoms with van der Waals surface area (Å²) in [5.41, 5.74) is 8.26. The van der Waals surface area contributed by atoms with E-state index in [9.17, 15) is 0 Å². The lowest BCUT2D eigenvalue weighted by Gasteiger charge is -1.97. The first-order valence-corrected chi connectivity index (χ1v) is 4.78. The summed E-state index contributed by atoms with van der Waals surface area (Å²) in [6.07, 6.45) is 9.10. The van der Waals surface area contributed by atoms with E-state index in [1.807, 2.05) is 0 Å². The minimum atomic E-state index is 0.744. The highest BCUT2D eigenvalue weighted by Gasteiger charge is 1.89. The van der Waals surface area contributed by atoms with Crippen LogP contribution in [0.1, 0.15) is 51.9 Å². The summed E-state index contributed by atoms with van der Waals surface area (Å²) in [6, 6.07) is 0. The van der Waals surface area contributed by atoms with Crippen molar-refractivity contribution < 1.29 is 5.11 Å². The van der Waals surface area contributed by atoms with Crippen LogP contribution in [-0.4, -0.2) is 6.54 Å². The predicted molar refractivity (Wildman–Crippen MR) is 47.2 cm³/mol. The molecule has 0 aromatic carbocycles. The SMILES string of the molecule is CCCCCCCCC[NH+]=[N-]. The third-order valence-corrected chi connectivity index (χ3v) is 1.89. The van der Waals surface area contributed by atoms with Crippen LogP contribution in [0.3, 0.4) is 0 Å². The lowest BCUT2D eigenvalue weighted by atomic mass is 10.1. The van der Waals surface area contributed by atoms with Crippen molar-refractivity contribution in [2.75, 3.05) is 6.54 Å². The zero-order valence-electron chi connectivity index (χ0n) is 7.60. The second kappa shape index (κ2) is 9.60. The monoisotopic (exact) mass is 156 g/mol. The van der Waals surface area contributed by atoms with Crippen molar-refractivity contribution in [3.8, 4) is 0 Å². The van der Waals surface area contributed by atoms with Gasteiger partial charge in [0.25, 0.3) is 0 Å². The van der Waals surface area contributed by atoms with Gasteiger partial charge in [-0.05, 0) is 6.42 Å². The first-order chi connectivity index (χ1) is 5.41. The lowest BCUT2D eigenvalue weighted by molar-refractivity contribution is -0.481. The third-order valence-electron chi connectivity index (χ3n) is 1.89. The number of unbranched alkanes of at least 4 members (excludes halogenated alkanes) is 6. The van der Waals surface area contributed by atoms with Crippen LogP contribution in [0.25, 0.3) is 5.53 Å². The van der Waals surface area contributed by atoms with Gasteiger partial charge in [-0.2, -0.15) is 0 Å². The molecule has 0 spiro atoms. The van der Waals surface area contributed by atoms with Crippen molar-refractivity contribution in [1.82, 2.24) is 0 Å². The highest BCUT2D eigenvalue weighted by Crippen LogP contribution is 2.05. The predicted octanol–water partition coefficient (Wildman–Crippen LogP) is 1.84. The van der Waals surface area contributed by atoms with Crippen molar-refractivity contribution >= 4 is 0 Å². The molecule has 1 N–H and O–H groups in total. The van der Waals surface area contributed by atoms with Gasteiger partial charge in [0.05, 0.1) is 0 Å². The molecule has 0 saturated carbocycles. The molecule has 2 nitrogen and oxygen atoms in total. The van der Waals surface area contributed by atoms with E-state index in [0.717, 1.165) is 13.0 Å². The molecule has 0 aliphatic heterocycles. The summed E-state index contributed by atoms with van der Waals surface area (Å²) in [7, 11) is 0. The first kappa shape index (κ1) is 10.6. The van der Waals surface area contributed by atoms with Gasteiger partial charge in [-0.1, -0.05) is 39.0 Å². The van der Waals surface area contributed by atoms with Gasteiger partial charge < -0.3 is 10.6 Å². The normalized spacial score (nSPS) is 9.91. The number of hydrogen-bond donors (Lipinski definition) is 1. The lowest BCUT2D eigenvalue weighted by Crippen LogP contribution is -2.62. The second-order valence-corrected chi connectivity index (χ2v) is 3.03. The highest BCUT2D eigenvalue weighted by molar-refractivity contribution is 4.43. The molecule has 0 heterocycles. The highest BCUT2D eigenvalue weighted by atomic mass is 14.9. The Morgan fingerprint density at radius 3 is 2.00 bits per heavy atom. The van der Waals surface area contributed by atoms with E-state index >= 15 is 0 Å². The van der Waals surface area contributed by atoms with Crippen molar-refractivity contribution in [1.29, 1.82) is 0 Å². The van der Waals surface area contributed by atoms with E-state index < -0.39 is 0 Å². The molecule has 0 radical (unpaired) electrons. The van der Waals surface area contributed by atoms with Crippen molar-refractivity contribution in [3.63, 3.8) is 0 Å². The Bertz CT molecular complexity index is 81.6. The van der Waals surface area contributed by atoms with E-state index in [2.05, 4.69) is 12.0 Å². The van der Waals surface area contributed by atoms with Gasteiger partial charge >= 0.3 is 0 Å². The van der Waals surface area contributed by atoms with E-state index in [4.69, 9.17) is 5.53 Å². The molecular formula is C9H20N2. The first-order valence-electron chi connectivity index (χ1n) is 4.78. The van der Waals surface area contributed by atoms with Gasteiger partial charge in [0.2, 0.25) is 0 Å². The smallest absolute Gasteiger partial charge is 0.129 e. The van der Waals surface area contributed by atoms with Crippen LogP contribution in [0.2, 0.25) is 0 Å². The minimum absolute atomic E-state index is 0.744. The van der Waals surface area contributed by atoms with E-state index in [0.29, 0.717) is 0 Å². The molecule has 0 unspecified atom stereocenters. The molecule has 0 aromatic rings. The maximum atomic E-state index is 8.26. The summed E-state index contributed by atoms with van der Waals surface area (Å²) in [5.74, 6) is 0. The summed E-state index contributed by atoms with van der Waals surface area (Å²) < 4.78 is 0. The number of nitrogens with one attached hydrogen (secondary N) is 1. The maximum absolute atomic E-state index is 8.26. The van der Waals surface area contributed by atoms with Gasteiger partial charge in [-0.15, -0.1) is 0 Å². The summed E-state index contributed by atoms with van der Waals surface area (Å²) >= 11 is 0. The number of hydrogen-bond acceptors (Lipinski definition) is 0. The molecule has 0 atom stereocenters. The van der Waals surface area contributed by atoms with Gasteiger partial charge in [0.1, 0.15) is 6.54 Å². The van der Waals surface area contributed by atoms with Crippen molar-refractivity contribution in [2.24, 2.45) is 0 Å². The van der Waals surface area contributed by atoms with Crippen LogP contribution < -0.4 is 5.11 Å². The van der Waals surface area contributed by atoms with E-state index in [-0.39, 0.29) is 0 Å². The molecule has 0 aliphatic carbocycles. The third kappa shape index (κ3) is 9.60. The molecule has 0 amide bonds. The molecule has 2 heteroatoms. The van der Waals surface area contributed by atoms with Gasteiger partial charge in [-0.3, -0.25) is 0 Å². The standard InChI is InChI=1S/C9H20N2/c1-2-3-4-5-6-7-8-9-11-10/h11H,2-9H2,1H3. The van der Waals surface area contributed by atoms with Crippen LogP contribution in [0.15, 0.2) is 0 Å². The number of rotatable bonds is 8. The van der Waals surface area contributed by atoms with Crippen LogP contribution in [-0.2, 0) is 0 Å². The molecule has 0 aromatic heterocycles. The molecular weight excluding hydrogens is 136 g/mol. The van der Waals surface area contributed by atoms with Crippen molar-refractivity contribution in [3.05, 3.63) is 5.53 Å². The zero-order chi connectivity index (χ0) is 8.36. The van der Waals surface area contributed by atoms with Gasteiger partial charge in [0, 0.05) is 6.42 Å². The fourth-order valence-electron chi connectivity index (χ4n) is 1.16. The fraction of sp³-hybridized carbons (Fsp3) is 1.00. The Morgan fingerprint density at radius 1 is 0.909 bits per heavy atom. The van der Waals surface area contributed by atoms with Crippen LogP contribution >= 0.6 is 0 Å². The molecule has 66 valence electrons. The fourth-order valence-corrected chi connectivity index (χ4v) is 1.16. The molecule has 0 aliphatic rings. The van der Waals surface area contributed by atoms with Gasteiger partial charge in [-0.25, -0.2) is 0 Å². The zero-order valence-corrected chi connectivity index (χ0v) is 7.60. The molecule has 0 bridgehead atoms. The molecule has 11 heavy (non-hydrogen) atoms. The maximum Gasteiger partial charge on any atom is 0.129 e. The Labute approximate surface area is 69.9 Å². The second-order valence-electron chi connectivity index (χ2n) is 3.03. The van der Waals surface area contributed by atoms with E-state index in [1.165, 1.54) is 38.5 Å². The summed E-state index contributed by atoms with van der Waals surface area (Å²) in [6.45, 7) is 2.98. The Kier molecular flexibility index (Phi) is 9.25. The molecule has 0 fully saturated rings. The minimum Gasteiger partial charge on any atom is -0.509 e.